The third kappa shape index (κ3) is 5.29. The number of rotatable bonds is 10. The normalized spacial score (nSPS) is 11.8. The molecule has 9 nitrogen and oxygen atoms in total. The topological polar surface area (TPSA) is 97.2 Å². The Labute approximate surface area is 207 Å². The maximum atomic E-state index is 14.6. The number of ether oxygens (including phenoxy) is 2. The minimum atomic E-state index is -1.27. The van der Waals surface area contributed by atoms with Crippen molar-refractivity contribution in [2.45, 2.75) is 45.9 Å². The molecule has 4 aromatic rings. The van der Waals surface area contributed by atoms with E-state index in [4.69, 9.17) is 9.47 Å². The summed E-state index contributed by atoms with van der Waals surface area (Å²) in [7, 11) is -1.27. The number of nitrogens with zero attached hydrogens (tertiary/aromatic N) is 5. The molecule has 0 saturated heterocycles. The van der Waals surface area contributed by atoms with Gasteiger partial charge in [-0.25, -0.2) is 13.8 Å². The first-order valence-corrected chi connectivity index (χ1v) is 15.2. The van der Waals surface area contributed by atoms with E-state index in [-0.39, 0.29) is 12.5 Å². The first-order valence-electron chi connectivity index (χ1n) is 11.5. The summed E-state index contributed by atoms with van der Waals surface area (Å²) in [5.41, 5.74) is 1.27. The average molecular weight is 516 g/mol. The van der Waals surface area contributed by atoms with Crippen LogP contribution in [0.15, 0.2) is 42.9 Å². The summed E-state index contributed by atoms with van der Waals surface area (Å²) < 4.78 is 44.5. The molecule has 1 aromatic carbocycles. The standard InChI is InChI=1S/C24H27F2N5O4Si/c1-5-30-20(6-9-28-30)17-14-29(15-34-10-11-36(2,3)4)24-22(17)21(7-8-27-24)35-23-18(25)12-16(31(32)33)13-19(23)26/h6-9,12-14H,5,10-11,15H2,1-4H3. The van der Waals surface area contributed by atoms with Crippen LogP contribution in [0.3, 0.4) is 0 Å². The van der Waals surface area contributed by atoms with Crippen LogP contribution in [0.1, 0.15) is 6.92 Å². The molecule has 0 amide bonds. The second-order valence-corrected chi connectivity index (χ2v) is 15.1. The van der Waals surface area contributed by atoms with E-state index in [9.17, 15) is 18.9 Å². The molecule has 0 atom stereocenters. The lowest BCUT2D eigenvalue weighted by molar-refractivity contribution is -0.385. The van der Waals surface area contributed by atoms with Crippen LogP contribution in [0.2, 0.25) is 25.7 Å². The van der Waals surface area contributed by atoms with E-state index in [1.54, 1.807) is 10.9 Å². The molecule has 190 valence electrons. The zero-order chi connectivity index (χ0) is 26.0. The van der Waals surface area contributed by atoms with E-state index in [0.29, 0.717) is 41.9 Å². The van der Waals surface area contributed by atoms with Gasteiger partial charge >= 0.3 is 0 Å². The van der Waals surface area contributed by atoms with Crippen molar-refractivity contribution >= 4 is 24.8 Å². The highest BCUT2D eigenvalue weighted by Crippen LogP contribution is 2.39. The number of non-ortho nitro benzene ring substituents is 1. The summed E-state index contributed by atoms with van der Waals surface area (Å²) >= 11 is 0. The third-order valence-corrected chi connectivity index (χ3v) is 7.35. The van der Waals surface area contributed by atoms with E-state index in [2.05, 4.69) is 29.7 Å². The molecule has 12 heteroatoms. The van der Waals surface area contributed by atoms with E-state index in [1.807, 2.05) is 23.8 Å². The molecular formula is C24H27F2N5O4Si. The van der Waals surface area contributed by atoms with Gasteiger partial charge in [0.1, 0.15) is 18.1 Å². The number of hydrogen-bond donors (Lipinski definition) is 0. The highest BCUT2D eigenvalue weighted by Gasteiger charge is 2.23. The Bertz CT molecular complexity index is 1390. The van der Waals surface area contributed by atoms with Crippen molar-refractivity contribution in [2.24, 2.45) is 0 Å². The molecule has 0 spiro atoms. The Hall–Kier alpha value is -3.64. The van der Waals surface area contributed by atoms with Crippen molar-refractivity contribution in [1.29, 1.82) is 0 Å². The Morgan fingerprint density at radius 2 is 1.86 bits per heavy atom. The average Bonchev–Trinajstić information content (AvgIpc) is 3.43. The monoisotopic (exact) mass is 515 g/mol. The van der Waals surface area contributed by atoms with Crippen LogP contribution in [-0.4, -0.2) is 38.9 Å². The van der Waals surface area contributed by atoms with Gasteiger partial charge < -0.3 is 14.0 Å². The summed E-state index contributed by atoms with van der Waals surface area (Å²) in [6.07, 6.45) is 4.99. The number of nitro benzene ring substituents is 1. The van der Waals surface area contributed by atoms with Crippen molar-refractivity contribution in [1.82, 2.24) is 19.3 Å². The van der Waals surface area contributed by atoms with E-state index in [1.165, 1.54) is 12.3 Å². The summed E-state index contributed by atoms with van der Waals surface area (Å²) in [6, 6.07) is 5.58. The number of nitro groups is 1. The Morgan fingerprint density at radius 1 is 1.14 bits per heavy atom. The number of fused-ring (bicyclic) bond motifs is 1. The van der Waals surface area contributed by atoms with Crippen LogP contribution in [0.5, 0.6) is 11.5 Å². The van der Waals surface area contributed by atoms with Crippen LogP contribution in [0, 0.1) is 21.7 Å². The highest BCUT2D eigenvalue weighted by molar-refractivity contribution is 6.76. The van der Waals surface area contributed by atoms with Crippen LogP contribution in [0.25, 0.3) is 22.3 Å². The van der Waals surface area contributed by atoms with Crippen molar-refractivity contribution in [3.63, 3.8) is 0 Å². The van der Waals surface area contributed by atoms with E-state index >= 15 is 0 Å². The fourth-order valence-electron chi connectivity index (χ4n) is 3.78. The number of hydrogen-bond acceptors (Lipinski definition) is 6. The second-order valence-electron chi connectivity index (χ2n) is 9.50. The first kappa shape index (κ1) is 25.4. The SMILES string of the molecule is CCn1nccc1-c1cn(COCC[Si](C)(C)C)c2nccc(Oc3c(F)cc([N+](=O)[O-])cc3F)c12. The summed E-state index contributed by atoms with van der Waals surface area (Å²) in [4.78, 5) is 14.6. The number of pyridine rings is 1. The molecular weight excluding hydrogens is 488 g/mol. The Morgan fingerprint density at radius 3 is 2.50 bits per heavy atom. The summed E-state index contributed by atoms with van der Waals surface area (Å²) in [5.74, 6) is -2.95. The smallest absolute Gasteiger partial charge is 0.275 e. The molecule has 3 aromatic heterocycles. The van der Waals surface area contributed by atoms with Gasteiger partial charge in [-0.1, -0.05) is 19.6 Å². The van der Waals surface area contributed by atoms with Crippen LogP contribution in [0.4, 0.5) is 14.5 Å². The predicted molar refractivity (Wildman–Crippen MR) is 134 cm³/mol. The number of halogens is 2. The van der Waals surface area contributed by atoms with Gasteiger partial charge in [0.05, 0.1) is 28.1 Å². The lowest BCUT2D eigenvalue weighted by atomic mass is 10.1. The molecule has 3 heterocycles. The van der Waals surface area contributed by atoms with Gasteiger partial charge in [-0.3, -0.25) is 14.8 Å². The van der Waals surface area contributed by atoms with Gasteiger partial charge in [0.15, 0.2) is 17.4 Å². The molecule has 0 aliphatic carbocycles. The van der Waals surface area contributed by atoms with Crippen LogP contribution in [-0.2, 0) is 18.0 Å². The molecule has 0 N–H and O–H groups in total. The fourth-order valence-corrected chi connectivity index (χ4v) is 4.53. The zero-order valence-corrected chi connectivity index (χ0v) is 21.5. The molecule has 0 unspecified atom stereocenters. The van der Waals surface area contributed by atoms with Gasteiger partial charge in [-0.15, -0.1) is 0 Å². The van der Waals surface area contributed by atoms with Gasteiger partial charge in [0.2, 0.25) is 0 Å². The molecule has 0 saturated carbocycles. The predicted octanol–water partition coefficient (Wildman–Crippen LogP) is 6.21. The lowest BCUT2D eigenvalue weighted by Crippen LogP contribution is -2.22. The minimum Gasteiger partial charge on any atom is -0.450 e. The lowest BCUT2D eigenvalue weighted by Gasteiger charge is -2.15. The second kappa shape index (κ2) is 10.2. The maximum absolute atomic E-state index is 14.6. The Balaban J connectivity index is 1.79. The van der Waals surface area contributed by atoms with Crippen LogP contribution >= 0.6 is 0 Å². The van der Waals surface area contributed by atoms with Crippen molar-refractivity contribution < 1.29 is 23.2 Å². The molecule has 36 heavy (non-hydrogen) atoms. The first-order chi connectivity index (χ1) is 17.1. The molecule has 0 aliphatic rings. The maximum Gasteiger partial charge on any atom is 0.275 e. The minimum absolute atomic E-state index is 0.145. The zero-order valence-electron chi connectivity index (χ0n) is 20.5. The van der Waals surface area contributed by atoms with Crippen molar-refractivity contribution in [2.75, 3.05) is 6.61 Å². The molecule has 0 aliphatic heterocycles. The third-order valence-electron chi connectivity index (χ3n) is 5.64. The quantitative estimate of drug-likeness (QED) is 0.108. The van der Waals surface area contributed by atoms with Gasteiger partial charge in [0, 0.05) is 45.4 Å². The van der Waals surface area contributed by atoms with Crippen LogP contribution < -0.4 is 4.74 Å². The summed E-state index contributed by atoms with van der Waals surface area (Å²) in [6.45, 7) is 10.2. The fraction of sp³-hybridized carbons (Fsp3) is 0.333. The highest BCUT2D eigenvalue weighted by atomic mass is 28.3. The largest absolute Gasteiger partial charge is 0.450 e. The van der Waals surface area contributed by atoms with Gasteiger partial charge in [-0.2, -0.15) is 5.10 Å². The van der Waals surface area contributed by atoms with Gasteiger partial charge in [-0.05, 0) is 25.1 Å². The van der Waals surface area contributed by atoms with Crippen molar-refractivity contribution in [3.05, 3.63) is 64.6 Å². The number of aryl methyl sites for hydroxylation is 1. The molecule has 0 fully saturated rings. The van der Waals surface area contributed by atoms with Crippen molar-refractivity contribution in [3.8, 4) is 22.8 Å². The molecule has 4 rings (SSSR count). The number of benzene rings is 1. The molecule has 0 bridgehead atoms. The Kier molecular flexibility index (Phi) is 7.18. The number of aromatic nitrogens is 4. The summed E-state index contributed by atoms with van der Waals surface area (Å²) in [5, 5.41) is 15.8. The molecule has 0 radical (unpaired) electrons. The van der Waals surface area contributed by atoms with E-state index in [0.717, 1.165) is 11.7 Å². The van der Waals surface area contributed by atoms with Gasteiger partial charge in [0.25, 0.3) is 5.69 Å². The van der Waals surface area contributed by atoms with E-state index < -0.39 is 36.1 Å².